The van der Waals surface area contributed by atoms with Gasteiger partial charge in [-0.3, -0.25) is 9.11 Å². The van der Waals surface area contributed by atoms with E-state index in [1.807, 2.05) is 36.4 Å². The van der Waals surface area contributed by atoms with Crippen molar-refractivity contribution in [3.05, 3.63) is 68.1 Å². The molecule has 0 amide bonds. The fourth-order valence-electron chi connectivity index (χ4n) is 4.81. The second-order valence-electron chi connectivity index (χ2n) is 9.32. The number of halogens is 2. The van der Waals surface area contributed by atoms with Crippen LogP contribution < -0.4 is 9.47 Å². The fourth-order valence-corrected chi connectivity index (χ4v) is 8.55. The zero-order chi connectivity index (χ0) is 27.9. The standard InChI is InChI=1S/C25H24Cl2N2O6S4/c26-18-5-7-22-20(14-18)28(9-1-11-38(30,31)32)24(36-22)16-3-4-17(13-16)25-29(10-2-12-39(33,34)35)21-15-19(27)6-8-23(21)37-25/h5-8,13-15H,1-4,9-12H2,(H-,30,31,32,33,34,35)/p+1. The van der Waals surface area contributed by atoms with Crippen molar-refractivity contribution in [2.75, 3.05) is 23.0 Å². The number of allylic oxidation sites excluding steroid dienone is 3. The molecular formula is C25H25Cl2N2O6S4+. The predicted octanol–water partition coefficient (Wildman–Crippen LogP) is 6.05. The van der Waals surface area contributed by atoms with Crippen molar-refractivity contribution in [1.82, 2.24) is 0 Å². The van der Waals surface area contributed by atoms with Crippen molar-refractivity contribution in [1.29, 1.82) is 0 Å². The predicted molar refractivity (Wildman–Crippen MR) is 158 cm³/mol. The van der Waals surface area contributed by atoms with E-state index >= 15 is 0 Å². The topological polar surface area (TPSA) is 116 Å². The summed E-state index contributed by atoms with van der Waals surface area (Å²) < 4.78 is 66.9. The maximum absolute atomic E-state index is 11.3. The number of hydrogen-bond acceptors (Lipinski definition) is 7. The number of aryl methyl sites for hydroxylation is 1. The lowest BCUT2D eigenvalue weighted by molar-refractivity contribution is -0.669. The van der Waals surface area contributed by atoms with Crippen LogP contribution in [0.3, 0.4) is 0 Å². The smallest absolute Gasteiger partial charge is 0.266 e. The number of thiazole rings is 1. The highest BCUT2D eigenvalue weighted by Crippen LogP contribution is 2.50. The minimum Gasteiger partial charge on any atom is -0.335 e. The molecular weight excluding hydrogens is 623 g/mol. The zero-order valence-electron chi connectivity index (χ0n) is 20.5. The van der Waals surface area contributed by atoms with Crippen LogP contribution in [0, 0.1) is 0 Å². The number of hydrogen-bond donors (Lipinski definition) is 2. The highest BCUT2D eigenvalue weighted by atomic mass is 35.5. The third kappa shape index (κ3) is 6.82. The van der Waals surface area contributed by atoms with Gasteiger partial charge in [-0.2, -0.15) is 21.4 Å². The van der Waals surface area contributed by atoms with E-state index in [9.17, 15) is 25.9 Å². The average molecular weight is 649 g/mol. The Morgan fingerprint density at radius 2 is 1.62 bits per heavy atom. The second-order valence-corrected chi connectivity index (χ2v) is 15.4. The van der Waals surface area contributed by atoms with Crippen LogP contribution in [0.5, 0.6) is 0 Å². The summed E-state index contributed by atoms with van der Waals surface area (Å²) in [6, 6.07) is 11.3. The first kappa shape index (κ1) is 28.9. The van der Waals surface area contributed by atoms with Crippen molar-refractivity contribution >= 4 is 88.0 Å². The summed E-state index contributed by atoms with van der Waals surface area (Å²) >= 11 is 15.8. The van der Waals surface area contributed by atoms with E-state index in [0.29, 0.717) is 23.1 Å². The van der Waals surface area contributed by atoms with Gasteiger partial charge in [-0.05, 0) is 61.2 Å². The molecule has 0 spiro atoms. The van der Waals surface area contributed by atoms with E-state index in [-0.39, 0.29) is 24.3 Å². The van der Waals surface area contributed by atoms with Gasteiger partial charge in [0.05, 0.1) is 22.2 Å². The summed E-state index contributed by atoms with van der Waals surface area (Å²) in [6.07, 6.45) is 4.20. The van der Waals surface area contributed by atoms with Crippen LogP contribution in [0.15, 0.2) is 58.0 Å². The summed E-state index contributed by atoms with van der Waals surface area (Å²) in [5.74, 6) is -0.663. The Morgan fingerprint density at radius 1 is 0.923 bits per heavy atom. The van der Waals surface area contributed by atoms with Crippen molar-refractivity contribution in [2.45, 2.75) is 37.1 Å². The van der Waals surface area contributed by atoms with Crippen molar-refractivity contribution in [3.63, 3.8) is 0 Å². The SMILES string of the molecule is O=S(=O)(O)CCCN1/C(=C2/C=C(c3sc4ccc(Cl)cc4[n+]3CCCS(=O)(=O)O)CC2)Sc2ccc(Cl)cc21. The van der Waals surface area contributed by atoms with E-state index in [2.05, 4.69) is 15.5 Å². The molecule has 5 rings (SSSR count). The van der Waals surface area contributed by atoms with Gasteiger partial charge < -0.3 is 4.90 Å². The van der Waals surface area contributed by atoms with Gasteiger partial charge in [-0.15, -0.1) is 0 Å². The molecule has 3 aromatic rings. The summed E-state index contributed by atoms with van der Waals surface area (Å²) in [5, 5.41) is 3.16. The molecule has 1 aliphatic carbocycles. The fraction of sp³-hybridized carbons (Fsp3) is 0.320. The third-order valence-corrected chi connectivity index (χ3v) is 11.0. The van der Waals surface area contributed by atoms with Gasteiger partial charge in [0.2, 0.25) is 5.52 Å². The molecule has 2 aromatic carbocycles. The average Bonchev–Trinajstić information content (AvgIpc) is 3.53. The lowest BCUT2D eigenvalue weighted by Gasteiger charge is -2.21. The Kier molecular flexibility index (Phi) is 8.38. The van der Waals surface area contributed by atoms with Gasteiger partial charge in [0.15, 0.2) is 6.54 Å². The molecule has 0 radical (unpaired) electrons. The van der Waals surface area contributed by atoms with Crippen LogP contribution in [-0.2, 0) is 26.8 Å². The van der Waals surface area contributed by atoms with Crippen molar-refractivity contribution in [3.8, 4) is 0 Å². The van der Waals surface area contributed by atoms with E-state index in [0.717, 1.165) is 54.8 Å². The van der Waals surface area contributed by atoms with Gasteiger partial charge in [-0.25, -0.2) is 0 Å². The van der Waals surface area contributed by atoms with E-state index < -0.39 is 20.2 Å². The minimum atomic E-state index is -4.07. The van der Waals surface area contributed by atoms with Crippen molar-refractivity contribution < 1.29 is 30.5 Å². The molecule has 8 nitrogen and oxygen atoms in total. The normalized spacial score (nSPS) is 17.7. The molecule has 14 heteroatoms. The summed E-state index contributed by atoms with van der Waals surface area (Å²) in [5.41, 5.74) is 4.02. The number of fused-ring (bicyclic) bond motifs is 2. The molecule has 0 saturated carbocycles. The Hall–Kier alpha value is -1.64. The van der Waals surface area contributed by atoms with Gasteiger partial charge in [0.1, 0.15) is 4.70 Å². The zero-order valence-corrected chi connectivity index (χ0v) is 25.3. The van der Waals surface area contributed by atoms with Crippen LogP contribution in [0.25, 0.3) is 15.8 Å². The maximum atomic E-state index is 11.3. The molecule has 1 aromatic heterocycles. The lowest BCUT2D eigenvalue weighted by Crippen LogP contribution is -2.36. The molecule has 208 valence electrons. The molecule has 0 bridgehead atoms. The molecule has 1 aliphatic heterocycles. The minimum absolute atomic E-state index is 0.254. The monoisotopic (exact) mass is 647 g/mol. The van der Waals surface area contributed by atoms with Gasteiger partial charge >= 0.3 is 0 Å². The molecule has 0 fully saturated rings. The number of nitrogens with zero attached hydrogens (tertiary/aromatic N) is 2. The first-order valence-corrected chi connectivity index (χ1v) is 17.7. The van der Waals surface area contributed by atoms with Crippen LogP contribution in [0.4, 0.5) is 5.69 Å². The second kappa shape index (κ2) is 11.3. The first-order chi connectivity index (χ1) is 18.4. The van der Waals surface area contributed by atoms with Crippen LogP contribution in [-0.4, -0.2) is 44.0 Å². The lowest BCUT2D eigenvalue weighted by atomic mass is 10.2. The maximum Gasteiger partial charge on any atom is 0.266 e. The molecule has 0 atom stereocenters. The molecule has 39 heavy (non-hydrogen) atoms. The molecule has 2 N–H and O–H groups in total. The molecule has 2 aliphatic rings. The number of rotatable bonds is 9. The summed E-state index contributed by atoms with van der Waals surface area (Å²) in [7, 11) is -8.14. The van der Waals surface area contributed by atoms with Crippen LogP contribution >= 0.6 is 46.3 Å². The van der Waals surface area contributed by atoms with E-state index in [1.54, 1.807) is 23.1 Å². The third-order valence-electron chi connectivity index (χ3n) is 6.46. The molecule has 2 heterocycles. The van der Waals surface area contributed by atoms with Crippen LogP contribution in [0.1, 0.15) is 30.7 Å². The van der Waals surface area contributed by atoms with Gasteiger partial charge in [-0.1, -0.05) is 46.3 Å². The Balaban J connectivity index is 1.52. The van der Waals surface area contributed by atoms with Gasteiger partial charge in [0, 0.05) is 39.5 Å². The quantitative estimate of drug-likeness (QED) is 0.213. The van der Waals surface area contributed by atoms with Crippen LogP contribution in [0.2, 0.25) is 10.0 Å². The number of aromatic nitrogens is 1. The first-order valence-electron chi connectivity index (χ1n) is 12.1. The number of benzene rings is 2. The Bertz CT molecular complexity index is 1730. The largest absolute Gasteiger partial charge is 0.335 e. The van der Waals surface area contributed by atoms with Gasteiger partial charge in [0.25, 0.3) is 25.2 Å². The highest BCUT2D eigenvalue weighted by molar-refractivity contribution is 8.03. The summed E-state index contributed by atoms with van der Waals surface area (Å²) in [4.78, 5) is 3.09. The Morgan fingerprint density at radius 3 is 2.36 bits per heavy atom. The van der Waals surface area contributed by atoms with E-state index in [4.69, 9.17) is 23.2 Å². The van der Waals surface area contributed by atoms with Crippen molar-refractivity contribution in [2.24, 2.45) is 0 Å². The Labute approximate surface area is 245 Å². The molecule has 0 unspecified atom stereocenters. The number of thioether (sulfide) groups is 1. The molecule has 0 saturated heterocycles. The number of anilines is 1. The summed E-state index contributed by atoms with van der Waals surface area (Å²) in [6.45, 7) is 0.804. The van der Waals surface area contributed by atoms with E-state index in [1.165, 1.54) is 0 Å². The highest BCUT2D eigenvalue weighted by Gasteiger charge is 2.32.